The SMILES string of the molecule is CCOC(=O)Cn1c(=NC(=O)c2ccc(C)c(C)c2)sc2cc(CC)ccc21. The second-order valence-corrected chi connectivity index (χ2v) is 7.66. The van der Waals surface area contributed by atoms with Gasteiger partial charge in [-0.1, -0.05) is 30.4 Å². The molecular weight excluding hydrogens is 372 g/mol. The summed E-state index contributed by atoms with van der Waals surface area (Å²) in [4.78, 5) is 29.7. The van der Waals surface area contributed by atoms with E-state index in [4.69, 9.17) is 4.74 Å². The van der Waals surface area contributed by atoms with Gasteiger partial charge in [0.2, 0.25) is 0 Å². The highest BCUT2D eigenvalue weighted by molar-refractivity contribution is 7.16. The molecule has 6 heteroatoms. The van der Waals surface area contributed by atoms with E-state index in [0.29, 0.717) is 17.0 Å². The third-order valence-corrected chi connectivity index (χ3v) is 5.74. The van der Waals surface area contributed by atoms with Gasteiger partial charge in [-0.3, -0.25) is 9.59 Å². The number of thiazole rings is 1. The second kappa shape index (κ2) is 8.52. The van der Waals surface area contributed by atoms with E-state index in [0.717, 1.165) is 27.8 Å². The third-order valence-electron chi connectivity index (χ3n) is 4.70. The highest BCUT2D eigenvalue weighted by atomic mass is 32.1. The molecule has 0 spiro atoms. The van der Waals surface area contributed by atoms with E-state index in [1.807, 2.05) is 38.1 Å². The lowest BCUT2D eigenvalue weighted by Gasteiger charge is -2.06. The number of amides is 1. The van der Waals surface area contributed by atoms with Crippen molar-refractivity contribution < 1.29 is 14.3 Å². The van der Waals surface area contributed by atoms with Crippen LogP contribution in [0.5, 0.6) is 0 Å². The first-order valence-corrected chi connectivity index (χ1v) is 10.2. The number of benzene rings is 2. The Bertz CT molecular complexity index is 1110. The van der Waals surface area contributed by atoms with Gasteiger partial charge in [-0.25, -0.2) is 0 Å². The number of esters is 1. The molecule has 0 fully saturated rings. The van der Waals surface area contributed by atoms with E-state index in [1.165, 1.54) is 16.9 Å². The monoisotopic (exact) mass is 396 g/mol. The third kappa shape index (κ3) is 4.22. The summed E-state index contributed by atoms with van der Waals surface area (Å²) in [5, 5.41) is 0. The Labute approximate surface area is 168 Å². The van der Waals surface area contributed by atoms with Crippen LogP contribution in [0.4, 0.5) is 0 Å². The molecule has 3 rings (SSSR count). The first-order chi connectivity index (χ1) is 13.4. The largest absolute Gasteiger partial charge is 0.465 e. The van der Waals surface area contributed by atoms with Crippen molar-refractivity contribution in [1.29, 1.82) is 0 Å². The maximum absolute atomic E-state index is 12.8. The summed E-state index contributed by atoms with van der Waals surface area (Å²) in [6, 6.07) is 11.6. The number of aryl methyl sites for hydroxylation is 3. The molecule has 0 radical (unpaired) electrons. The topological polar surface area (TPSA) is 60.7 Å². The predicted molar refractivity (Wildman–Crippen MR) is 112 cm³/mol. The Morgan fingerprint density at radius 3 is 2.54 bits per heavy atom. The second-order valence-electron chi connectivity index (χ2n) is 6.65. The number of carbonyl (C=O) groups excluding carboxylic acids is 2. The number of nitrogens with zero attached hydrogens (tertiary/aromatic N) is 2. The quantitative estimate of drug-likeness (QED) is 0.608. The van der Waals surface area contributed by atoms with Crippen LogP contribution in [0.15, 0.2) is 41.4 Å². The maximum Gasteiger partial charge on any atom is 0.326 e. The Hall–Kier alpha value is -2.73. The number of fused-ring (bicyclic) bond motifs is 1. The molecule has 0 N–H and O–H groups in total. The summed E-state index contributed by atoms with van der Waals surface area (Å²) in [6.45, 7) is 8.18. The molecule has 0 saturated carbocycles. The van der Waals surface area contributed by atoms with E-state index in [9.17, 15) is 9.59 Å². The number of aromatic nitrogens is 1. The Kier molecular flexibility index (Phi) is 6.09. The van der Waals surface area contributed by atoms with Gasteiger partial charge in [0, 0.05) is 5.56 Å². The molecule has 0 bridgehead atoms. The molecule has 0 aliphatic carbocycles. The van der Waals surface area contributed by atoms with Crippen LogP contribution in [-0.2, 0) is 22.5 Å². The van der Waals surface area contributed by atoms with Crippen LogP contribution in [0, 0.1) is 13.8 Å². The van der Waals surface area contributed by atoms with Crippen LogP contribution in [0.25, 0.3) is 10.2 Å². The van der Waals surface area contributed by atoms with Crippen molar-refractivity contribution in [2.45, 2.75) is 40.7 Å². The smallest absolute Gasteiger partial charge is 0.326 e. The van der Waals surface area contributed by atoms with Crippen molar-refractivity contribution in [3.05, 3.63) is 63.5 Å². The Balaban J connectivity index is 2.11. The Morgan fingerprint density at radius 2 is 1.86 bits per heavy atom. The summed E-state index contributed by atoms with van der Waals surface area (Å²) < 4.78 is 7.86. The molecule has 1 aromatic heterocycles. The molecule has 0 atom stereocenters. The summed E-state index contributed by atoms with van der Waals surface area (Å²) in [5.41, 5.74) is 4.79. The summed E-state index contributed by atoms with van der Waals surface area (Å²) >= 11 is 1.41. The zero-order chi connectivity index (χ0) is 20.3. The number of hydrogen-bond acceptors (Lipinski definition) is 4. The van der Waals surface area contributed by atoms with Crippen molar-refractivity contribution in [1.82, 2.24) is 4.57 Å². The zero-order valence-corrected chi connectivity index (χ0v) is 17.4. The number of rotatable bonds is 5. The molecule has 146 valence electrons. The van der Waals surface area contributed by atoms with Crippen LogP contribution in [0.3, 0.4) is 0 Å². The van der Waals surface area contributed by atoms with E-state index in [-0.39, 0.29) is 18.4 Å². The van der Waals surface area contributed by atoms with Gasteiger partial charge in [0.15, 0.2) is 4.80 Å². The van der Waals surface area contributed by atoms with Gasteiger partial charge in [-0.2, -0.15) is 4.99 Å². The van der Waals surface area contributed by atoms with E-state index < -0.39 is 0 Å². The van der Waals surface area contributed by atoms with Crippen molar-refractivity contribution in [3.63, 3.8) is 0 Å². The molecule has 0 aliphatic heterocycles. The summed E-state index contributed by atoms with van der Waals surface area (Å²) in [7, 11) is 0. The summed E-state index contributed by atoms with van der Waals surface area (Å²) in [6.07, 6.45) is 0.916. The minimum absolute atomic E-state index is 0.0261. The highest BCUT2D eigenvalue weighted by Gasteiger charge is 2.13. The van der Waals surface area contributed by atoms with Crippen LogP contribution >= 0.6 is 11.3 Å². The molecular formula is C22H24N2O3S. The van der Waals surface area contributed by atoms with E-state index in [1.54, 1.807) is 17.6 Å². The lowest BCUT2D eigenvalue weighted by Crippen LogP contribution is -2.23. The molecule has 1 heterocycles. The molecule has 28 heavy (non-hydrogen) atoms. The number of carbonyl (C=O) groups is 2. The van der Waals surface area contributed by atoms with Gasteiger partial charge in [-0.05, 0) is 68.1 Å². The van der Waals surface area contributed by atoms with Crippen LogP contribution in [-0.4, -0.2) is 23.1 Å². The molecule has 5 nitrogen and oxygen atoms in total. The Morgan fingerprint density at radius 1 is 1.07 bits per heavy atom. The molecule has 2 aromatic carbocycles. The van der Waals surface area contributed by atoms with Crippen molar-refractivity contribution >= 4 is 33.4 Å². The number of ether oxygens (including phenoxy) is 1. The minimum atomic E-state index is -0.346. The van der Waals surface area contributed by atoms with Gasteiger partial charge in [0.25, 0.3) is 5.91 Å². The highest BCUT2D eigenvalue weighted by Crippen LogP contribution is 2.20. The standard InChI is InChI=1S/C22H24N2O3S/c1-5-16-8-10-18-19(12-16)28-22(24(18)13-20(25)27-6-2)23-21(26)17-9-7-14(3)15(4)11-17/h7-12H,5-6,13H2,1-4H3. The fraction of sp³-hybridized carbons (Fsp3) is 0.318. The van der Waals surface area contributed by atoms with Crippen LogP contribution in [0.2, 0.25) is 0 Å². The van der Waals surface area contributed by atoms with E-state index >= 15 is 0 Å². The van der Waals surface area contributed by atoms with Crippen LogP contribution < -0.4 is 4.80 Å². The molecule has 3 aromatic rings. The lowest BCUT2D eigenvalue weighted by atomic mass is 10.1. The van der Waals surface area contributed by atoms with E-state index in [2.05, 4.69) is 18.0 Å². The van der Waals surface area contributed by atoms with Gasteiger partial charge < -0.3 is 9.30 Å². The zero-order valence-electron chi connectivity index (χ0n) is 16.6. The van der Waals surface area contributed by atoms with Crippen molar-refractivity contribution in [2.75, 3.05) is 6.61 Å². The molecule has 0 saturated heterocycles. The average molecular weight is 397 g/mol. The van der Waals surface area contributed by atoms with Gasteiger partial charge in [0.1, 0.15) is 6.54 Å². The fourth-order valence-electron chi connectivity index (χ4n) is 2.94. The normalized spacial score (nSPS) is 11.8. The fourth-order valence-corrected chi connectivity index (χ4v) is 4.03. The van der Waals surface area contributed by atoms with Crippen LogP contribution in [0.1, 0.15) is 40.9 Å². The molecule has 1 amide bonds. The van der Waals surface area contributed by atoms with Crippen molar-refractivity contribution in [2.24, 2.45) is 4.99 Å². The lowest BCUT2D eigenvalue weighted by molar-refractivity contribution is -0.143. The predicted octanol–water partition coefficient (Wildman–Crippen LogP) is 4.19. The van der Waals surface area contributed by atoms with Crippen molar-refractivity contribution in [3.8, 4) is 0 Å². The van der Waals surface area contributed by atoms with Gasteiger partial charge >= 0.3 is 5.97 Å². The summed E-state index contributed by atoms with van der Waals surface area (Å²) in [5.74, 6) is -0.662. The first kappa shape index (κ1) is 20.0. The molecule has 0 unspecified atom stereocenters. The first-order valence-electron chi connectivity index (χ1n) is 9.37. The molecule has 0 aliphatic rings. The van der Waals surface area contributed by atoms with Gasteiger partial charge in [0.05, 0.1) is 16.8 Å². The average Bonchev–Trinajstić information content (AvgIpc) is 3.00. The maximum atomic E-state index is 12.8. The van der Waals surface area contributed by atoms with Gasteiger partial charge in [-0.15, -0.1) is 0 Å². The minimum Gasteiger partial charge on any atom is -0.465 e. The number of hydrogen-bond donors (Lipinski definition) is 0.